The first-order valence-corrected chi connectivity index (χ1v) is 14.1. The number of aromatic nitrogens is 2. The first-order chi connectivity index (χ1) is 20.4. The number of benzene rings is 2. The first-order valence-electron chi connectivity index (χ1n) is 14.1. The van der Waals surface area contributed by atoms with Crippen LogP contribution in [-0.4, -0.2) is 61.2 Å². The molecule has 1 saturated heterocycles. The van der Waals surface area contributed by atoms with Gasteiger partial charge >= 0.3 is 11.9 Å². The molecule has 10 heteroatoms. The van der Waals surface area contributed by atoms with Crippen molar-refractivity contribution in [1.82, 2.24) is 14.5 Å². The second kappa shape index (κ2) is 11.6. The number of ether oxygens (including phenoxy) is 1. The molecule has 216 valence electrons. The van der Waals surface area contributed by atoms with E-state index in [9.17, 15) is 19.5 Å². The normalized spacial score (nSPS) is 19.5. The summed E-state index contributed by atoms with van der Waals surface area (Å²) in [7, 11) is 0. The summed E-state index contributed by atoms with van der Waals surface area (Å²) in [6, 6.07) is 13.4. The van der Waals surface area contributed by atoms with E-state index in [4.69, 9.17) is 19.2 Å². The zero-order valence-electron chi connectivity index (χ0n) is 22.9. The smallest absolute Gasteiger partial charge is 0.328 e. The second-order valence-electron chi connectivity index (χ2n) is 10.8. The summed E-state index contributed by atoms with van der Waals surface area (Å²) in [6.45, 7) is 0.116. The Morgan fingerprint density at radius 1 is 1.00 bits per heavy atom. The number of likely N-dealkylation sites (tertiary alicyclic amines) is 1. The van der Waals surface area contributed by atoms with Crippen LogP contribution in [0, 0.1) is 0 Å². The second-order valence-corrected chi connectivity index (χ2v) is 10.8. The van der Waals surface area contributed by atoms with Gasteiger partial charge in [0.2, 0.25) is 0 Å². The van der Waals surface area contributed by atoms with Crippen LogP contribution in [0.25, 0.3) is 28.5 Å². The largest absolute Gasteiger partial charge is 0.488 e. The van der Waals surface area contributed by atoms with E-state index in [1.807, 2.05) is 12.1 Å². The maximum absolute atomic E-state index is 13.7. The number of carbonyl (C=O) groups is 3. The van der Waals surface area contributed by atoms with Crippen LogP contribution >= 0.6 is 0 Å². The van der Waals surface area contributed by atoms with Crippen molar-refractivity contribution in [2.24, 2.45) is 0 Å². The van der Waals surface area contributed by atoms with Crippen molar-refractivity contribution in [1.29, 1.82) is 0 Å². The van der Waals surface area contributed by atoms with Gasteiger partial charge in [0.15, 0.2) is 0 Å². The predicted molar refractivity (Wildman–Crippen MR) is 154 cm³/mol. The molecular formula is C32H31N3O7. The fourth-order valence-electron chi connectivity index (χ4n) is 6.06. The number of rotatable bonds is 8. The molecule has 1 amide bonds. The molecule has 2 aliphatic rings. The van der Waals surface area contributed by atoms with Gasteiger partial charge in [-0.2, -0.15) is 0 Å². The molecule has 2 N–H and O–H groups in total. The summed E-state index contributed by atoms with van der Waals surface area (Å²) >= 11 is 0. The van der Waals surface area contributed by atoms with Crippen LogP contribution < -0.4 is 4.74 Å². The lowest BCUT2D eigenvalue weighted by Crippen LogP contribution is -2.40. The van der Waals surface area contributed by atoms with E-state index in [1.54, 1.807) is 48.9 Å². The minimum absolute atomic E-state index is 0.116. The van der Waals surface area contributed by atoms with Crippen molar-refractivity contribution in [2.75, 3.05) is 6.54 Å². The average molecular weight is 570 g/mol. The zero-order valence-corrected chi connectivity index (χ0v) is 22.9. The zero-order chi connectivity index (χ0) is 29.2. The summed E-state index contributed by atoms with van der Waals surface area (Å²) in [6.07, 6.45) is 11.1. The van der Waals surface area contributed by atoms with Crippen LogP contribution in [0.3, 0.4) is 0 Å². The van der Waals surface area contributed by atoms with Gasteiger partial charge in [0.1, 0.15) is 30.0 Å². The van der Waals surface area contributed by atoms with Crippen LogP contribution in [0.5, 0.6) is 5.75 Å². The summed E-state index contributed by atoms with van der Waals surface area (Å²) in [4.78, 5) is 42.9. The van der Waals surface area contributed by atoms with Crippen molar-refractivity contribution < 1.29 is 33.8 Å². The number of aliphatic carboxylic acids is 2. The predicted octanol–water partition coefficient (Wildman–Crippen LogP) is 5.65. The first kappa shape index (κ1) is 27.3. The van der Waals surface area contributed by atoms with E-state index in [-0.39, 0.29) is 18.9 Å². The Balaban J connectivity index is 1.24. The lowest BCUT2D eigenvalue weighted by Gasteiger charge is -2.25. The lowest BCUT2D eigenvalue weighted by molar-refractivity contribution is -0.141. The maximum atomic E-state index is 13.7. The number of imidazole rings is 1. The van der Waals surface area contributed by atoms with Gasteiger partial charge in [-0.05, 0) is 60.9 Å². The third-order valence-electron chi connectivity index (χ3n) is 8.07. The molecule has 0 spiro atoms. The monoisotopic (exact) mass is 569 g/mol. The molecule has 4 aromatic rings. The van der Waals surface area contributed by atoms with E-state index in [2.05, 4.69) is 4.57 Å². The summed E-state index contributed by atoms with van der Waals surface area (Å²) in [5.41, 5.74) is 3.55. The highest BCUT2D eigenvalue weighted by Gasteiger charge is 2.41. The molecule has 2 fully saturated rings. The highest BCUT2D eigenvalue weighted by molar-refractivity contribution is 6.00. The maximum Gasteiger partial charge on any atom is 0.328 e. The fraction of sp³-hybridized carbons (Fsp3) is 0.312. The average Bonchev–Trinajstić information content (AvgIpc) is 3.75. The Morgan fingerprint density at radius 2 is 1.79 bits per heavy atom. The summed E-state index contributed by atoms with van der Waals surface area (Å²) in [5.74, 6) is -1.21. The number of carbonyl (C=O) groups excluding carboxylic acids is 1. The van der Waals surface area contributed by atoms with Gasteiger partial charge in [-0.1, -0.05) is 31.4 Å². The Bertz CT molecular complexity index is 1630. The van der Waals surface area contributed by atoms with Crippen molar-refractivity contribution in [3.8, 4) is 17.1 Å². The summed E-state index contributed by atoms with van der Waals surface area (Å²) in [5, 5.41) is 18.7. The van der Waals surface area contributed by atoms with E-state index in [0.717, 1.165) is 48.7 Å². The number of furan rings is 1. The van der Waals surface area contributed by atoms with Crippen LogP contribution in [0.1, 0.15) is 60.5 Å². The SMILES string of the molecule is O=C(O)/C=C/c1ccc(OC2CC(C(=O)O)N(C(=O)c3ccc4c(c3)nc(-c3ccoc3)n4C3CCCCC3)C2)cc1. The molecule has 1 aliphatic heterocycles. The topological polar surface area (TPSA) is 135 Å². The van der Waals surface area contributed by atoms with E-state index < -0.39 is 24.1 Å². The van der Waals surface area contributed by atoms with Gasteiger partial charge in [0.25, 0.3) is 5.91 Å². The third-order valence-corrected chi connectivity index (χ3v) is 8.07. The molecule has 0 bridgehead atoms. The molecule has 6 rings (SSSR count). The molecule has 0 radical (unpaired) electrons. The molecule has 2 unspecified atom stereocenters. The molecule has 1 aliphatic carbocycles. The fourth-order valence-corrected chi connectivity index (χ4v) is 6.06. The Morgan fingerprint density at radius 3 is 2.48 bits per heavy atom. The molecule has 2 aromatic carbocycles. The van der Waals surface area contributed by atoms with Crippen molar-refractivity contribution in [3.63, 3.8) is 0 Å². The van der Waals surface area contributed by atoms with Crippen LogP contribution in [0.4, 0.5) is 0 Å². The lowest BCUT2D eigenvalue weighted by atomic mass is 9.95. The minimum atomic E-state index is -1.09. The van der Waals surface area contributed by atoms with Crippen LogP contribution in [-0.2, 0) is 9.59 Å². The number of fused-ring (bicyclic) bond motifs is 1. The highest BCUT2D eigenvalue weighted by Crippen LogP contribution is 2.36. The number of nitrogens with zero attached hydrogens (tertiary/aromatic N) is 3. The number of amides is 1. The third kappa shape index (κ3) is 5.52. The van der Waals surface area contributed by atoms with Gasteiger partial charge in [-0.3, -0.25) is 4.79 Å². The van der Waals surface area contributed by atoms with E-state index >= 15 is 0 Å². The highest BCUT2D eigenvalue weighted by atomic mass is 16.5. The molecule has 42 heavy (non-hydrogen) atoms. The summed E-state index contributed by atoms with van der Waals surface area (Å²) < 4.78 is 13.6. The van der Waals surface area contributed by atoms with E-state index in [1.165, 1.54) is 17.4 Å². The number of hydrogen-bond donors (Lipinski definition) is 2. The van der Waals surface area contributed by atoms with Gasteiger partial charge in [-0.25, -0.2) is 14.6 Å². The van der Waals surface area contributed by atoms with E-state index in [0.29, 0.717) is 28.4 Å². The standard InChI is InChI=1S/C32H31N3O7/c36-29(37)13-8-20-6-10-24(11-7-20)42-25-17-28(32(39)40)34(18-25)31(38)21-9-12-27-26(16-21)33-30(22-14-15-41-19-22)35(27)23-4-2-1-3-5-23/h6-16,19,23,25,28H,1-5,17-18H2,(H,36,37)(H,39,40)/b13-8+. The molecule has 2 aromatic heterocycles. The molecule has 3 heterocycles. The number of hydrogen-bond acceptors (Lipinski definition) is 6. The van der Waals surface area contributed by atoms with Crippen molar-refractivity contribution in [2.45, 2.75) is 56.7 Å². The quantitative estimate of drug-likeness (QED) is 0.260. The Hall–Kier alpha value is -4.86. The van der Waals surface area contributed by atoms with Crippen LogP contribution in [0.15, 0.2) is 71.6 Å². The van der Waals surface area contributed by atoms with Gasteiger partial charge in [0, 0.05) is 24.1 Å². The Labute approximate surface area is 241 Å². The molecule has 2 atom stereocenters. The molecule has 1 saturated carbocycles. The number of carboxylic acid groups (broad SMARTS) is 2. The minimum Gasteiger partial charge on any atom is -0.488 e. The molecular weight excluding hydrogens is 538 g/mol. The van der Waals surface area contributed by atoms with Crippen molar-refractivity contribution in [3.05, 3.63) is 78.3 Å². The van der Waals surface area contributed by atoms with Crippen LogP contribution in [0.2, 0.25) is 0 Å². The van der Waals surface area contributed by atoms with Crippen molar-refractivity contribution >= 4 is 35.0 Å². The Kier molecular flexibility index (Phi) is 7.52. The number of carboxylic acids is 2. The van der Waals surface area contributed by atoms with Gasteiger partial charge in [-0.15, -0.1) is 0 Å². The van der Waals surface area contributed by atoms with Gasteiger partial charge in [0.05, 0.1) is 29.4 Å². The van der Waals surface area contributed by atoms with Gasteiger partial charge < -0.3 is 28.8 Å². The molecule has 10 nitrogen and oxygen atoms in total.